The molecule has 0 saturated carbocycles. The molecular weight excluding hydrogens is 255 g/mol. The van der Waals surface area contributed by atoms with Crippen LogP contribution in [0.3, 0.4) is 0 Å². The fraction of sp³-hybridized carbons (Fsp3) is 0.400. The van der Waals surface area contributed by atoms with Crippen molar-refractivity contribution in [1.82, 2.24) is 0 Å². The van der Waals surface area contributed by atoms with E-state index in [1.807, 2.05) is 6.08 Å². The van der Waals surface area contributed by atoms with Gasteiger partial charge in [0.05, 0.1) is 0 Å². The van der Waals surface area contributed by atoms with Crippen LogP contribution in [0.2, 0.25) is 0 Å². The Balaban J connectivity index is 2.41. The van der Waals surface area contributed by atoms with E-state index >= 15 is 0 Å². The average molecular weight is 272 g/mol. The number of ketones is 1. The van der Waals surface area contributed by atoms with E-state index < -0.39 is 0 Å². The molecule has 2 aliphatic rings. The fourth-order valence-corrected chi connectivity index (χ4v) is 2.73. The van der Waals surface area contributed by atoms with Gasteiger partial charge < -0.3 is 0 Å². The van der Waals surface area contributed by atoms with Crippen LogP contribution in [-0.4, -0.2) is 5.78 Å². The van der Waals surface area contributed by atoms with Crippen molar-refractivity contribution in [3.63, 3.8) is 0 Å². The first-order chi connectivity index (χ1) is 8.20. The molecule has 0 amide bonds. The SMILES string of the molecule is CC(=O)C1=C(C2=[C](\[Co])CCCC/C=C\2)CC=C1. The van der Waals surface area contributed by atoms with Crippen molar-refractivity contribution < 1.29 is 20.5 Å². The summed E-state index contributed by atoms with van der Waals surface area (Å²) in [6, 6.07) is 0. The molecule has 92 valence electrons. The summed E-state index contributed by atoms with van der Waals surface area (Å²) in [5.74, 6) is 0.150. The number of hydrogen-bond acceptors (Lipinski definition) is 1. The number of Topliss-reactive ketones (excluding diaryl/α,β-unsaturated/α-hetero) is 1. The Labute approximate surface area is 111 Å². The number of carbonyl (C=O) groups excluding carboxylic acids is 1. The quantitative estimate of drug-likeness (QED) is 0.748. The normalized spacial score (nSPS) is 27.0. The molecule has 0 saturated heterocycles. The second-order valence-electron chi connectivity index (χ2n) is 4.49. The molecule has 1 nitrogen and oxygen atoms in total. The van der Waals surface area contributed by atoms with Crippen LogP contribution < -0.4 is 0 Å². The standard InChI is InChI=1S/C15H17O.Co/c1-12(16)14-10-7-11-15(14)13-8-5-3-2-4-6-9-13;/h5,7-8,10H,2-4,6,11H2,1H3;/b8-5-,13-9?;. The van der Waals surface area contributed by atoms with Gasteiger partial charge in [-0.05, 0) is 0 Å². The average Bonchev–Trinajstić information content (AvgIpc) is 2.73. The zero-order valence-corrected chi connectivity index (χ0v) is 11.1. The van der Waals surface area contributed by atoms with Gasteiger partial charge in [0.1, 0.15) is 0 Å². The number of rotatable bonds is 2. The van der Waals surface area contributed by atoms with Crippen molar-refractivity contribution >= 4 is 5.78 Å². The topological polar surface area (TPSA) is 17.1 Å². The molecule has 2 aliphatic carbocycles. The third kappa shape index (κ3) is 2.88. The van der Waals surface area contributed by atoms with Crippen LogP contribution in [0.1, 0.15) is 39.0 Å². The monoisotopic (exact) mass is 272 g/mol. The molecule has 0 spiro atoms. The van der Waals surface area contributed by atoms with E-state index in [0.717, 1.165) is 34.9 Å². The molecule has 0 bridgehead atoms. The van der Waals surface area contributed by atoms with Crippen LogP contribution in [0.15, 0.2) is 45.5 Å². The van der Waals surface area contributed by atoms with Gasteiger partial charge in [-0.3, -0.25) is 0 Å². The molecule has 17 heavy (non-hydrogen) atoms. The molecule has 2 heteroatoms. The van der Waals surface area contributed by atoms with E-state index in [2.05, 4.69) is 34.0 Å². The first-order valence-corrected chi connectivity index (χ1v) is 6.66. The summed E-state index contributed by atoms with van der Waals surface area (Å²) in [5.41, 5.74) is 3.18. The summed E-state index contributed by atoms with van der Waals surface area (Å²) in [4.78, 5) is 11.6. The maximum atomic E-state index is 11.6. The van der Waals surface area contributed by atoms with Gasteiger partial charge in [-0.15, -0.1) is 0 Å². The first kappa shape index (κ1) is 12.6. The van der Waals surface area contributed by atoms with Gasteiger partial charge in [0.2, 0.25) is 0 Å². The Morgan fingerprint density at radius 1 is 1.24 bits per heavy atom. The van der Waals surface area contributed by atoms with Crippen LogP contribution >= 0.6 is 0 Å². The van der Waals surface area contributed by atoms with Crippen LogP contribution in [-0.2, 0) is 20.5 Å². The summed E-state index contributed by atoms with van der Waals surface area (Å²) < 4.78 is 1.12. The fourth-order valence-electron chi connectivity index (χ4n) is 2.30. The van der Waals surface area contributed by atoms with Crippen molar-refractivity contribution in [3.8, 4) is 0 Å². The van der Waals surface area contributed by atoms with Gasteiger partial charge in [0.25, 0.3) is 0 Å². The summed E-state index contributed by atoms with van der Waals surface area (Å²) in [7, 11) is 0. The number of allylic oxidation sites excluding steroid dienone is 8. The number of carbonyl (C=O) groups is 1. The third-order valence-electron chi connectivity index (χ3n) is 3.21. The molecule has 0 N–H and O–H groups in total. The summed E-state index contributed by atoms with van der Waals surface area (Å²) in [6.07, 6.45) is 13.8. The maximum absolute atomic E-state index is 11.6. The zero-order valence-electron chi connectivity index (χ0n) is 10.1. The molecular formula is C15H17CoO. The van der Waals surface area contributed by atoms with Gasteiger partial charge in [0.15, 0.2) is 0 Å². The molecule has 2 rings (SSSR count). The minimum absolute atomic E-state index is 0.150. The van der Waals surface area contributed by atoms with Crippen molar-refractivity contribution in [2.24, 2.45) is 0 Å². The molecule has 0 atom stereocenters. The van der Waals surface area contributed by atoms with E-state index in [1.54, 1.807) is 6.92 Å². The van der Waals surface area contributed by atoms with Gasteiger partial charge in [0, 0.05) is 0 Å². The van der Waals surface area contributed by atoms with Crippen molar-refractivity contribution in [1.29, 1.82) is 0 Å². The Hall–Kier alpha value is -0.864. The van der Waals surface area contributed by atoms with E-state index in [-0.39, 0.29) is 5.78 Å². The second-order valence-corrected chi connectivity index (χ2v) is 5.12. The zero-order chi connectivity index (χ0) is 12.3. The predicted molar refractivity (Wildman–Crippen MR) is 66.1 cm³/mol. The summed E-state index contributed by atoms with van der Waals surface area (Å²) in [6.45, 7) is 1.63. The molecule has 0 radical (unpaired) electrons. The molecule has 0 aliphatic heterocycles. The second kappa shape index (κ2) is 5.65. The van der Waals surface area contributed by atoms with Gasteiger partial charge in [-0.25, -0.2) is 0 Å². The predicted octanol–water partition coefficient (Wildman–Crippen LogP) is 3.76. The Morgan fingerprint density at radius 2 is 2.06 bits per heavy atom. The molecule has 0 fully saturated rings. The molecule has 0 heterocycles. The Morgan fingerprint density at radius 3 is 2.82 bits per heavy atom. The Bertz CT molecular complexity index is 450. The number of hydrogen-bond donors (Lipinski definition) is 0. The summed E-state index contributed by atoms with van der Waals surface area (Å²) >= 11 is 4.67. The molecule has 0 aromatic rings. The van der Waals surface area contributed by atoms with Crippen LogP contribution in [0.5, 0.6) is 0 Å². The molecule has 0 unspecified atom stereocenters. The van der Waals surface area contributed by atoms with Crippen LogP contribution in [0.4, 0.5) is 0 Å². The van der Waals surface area contributed by atoms with Crippen LogP contribution in [0.25, 0.3) is 0 Å². The van der Waals surface area contributed by atoms with Crippen LogP contribution in [0, 0.1) is 0 Å². The van der Waals surface area contributed by atoms with Gasteiger partial charge in [-0.1, -0.05) is 0 Å². The van der Waals surface area contributed by atoms with Crippen molar-refractivity contribution in [2.75, 3.05) is 0 Å². The van der Waals surface area contributed by atoms with Gasteiger partial charge in [-0.2, -0.15) is 0 Å². The van der Waals surface area contributed by atoms with E-state index in [9.17, 15) is 4.79 Å². The first-order valence-electron chi connectivity index (χ1n) is 6.14. The summed E-state index contributed by atoms with van der Waals surface area (Å²) in [5, 5.41) is 0. The molecule has 0 aromatic carbocycles. The van der Waals surface area contributed by atoms with Gasteiger partial charge >= 0.3 is 111 Å². The third-order valence-corrected chi connectivity index (χ3v) is 3.75. The van der Waals surface area contributed by atoms with Crippen molar-refractivity contribution in [3.05, 3.63) is 45.5 Å². The minimum atomic E-state index is 0.150. The van der Waals surface area contributed by atoms with E-state index in [0.29, 0.717) is 0 Å². The van der Waals surface area contributed by atoms with E-state index in [1.165, 1.54) is 18.4 Å². The molecule has 0 aromatic heterocycles. The van der Waals surface area contributed by atoms with Crippen molar-refractivity contribution in [2.45, 2.75) is 39.0 Å². The van der Waals surface area contributed by atoms with E-state index in [4.69, 9.17) is 0 Å². The Kier molecular flexibility index (Phi) is 4.18.